The molecule has 1 saturated carbocycles. The third-order valence-corrected chi connectivity index (χ3v) is 6.23. The second-order valence-corrected chi connectivity index (χ2v) is 7.75. The van der Waals surface area contributed by atoms with Crippen molar-refractivity contribution in [2.75, 3.05) is 26.7 Å². The van der Waals surface area contributed by atoms with Gasteiger partial charge in [-0.15, -0.1) is 0 Å². The summed E-state index contributed by atoms with van der Waals surface area (Å²) in [5, 5.41) is 11.6. The average molecular weight is 364 g/mol. The Balaban J connectivity index is 1.47. The quantitative estimate of drug-likeness (QED) is 0.878. The number of para-hydroxylation sites is 1. The number of hydrogen-bond acceptors (Lipinski definition) is 4. The minimum atomic E-state index is -0.727. The van der Waals surface area contributed by atoms with Crippen LogP contribution in [0.25, 0.3) is 6.08 Å². The molecule has 0 spiro atoms. The van der Waals surface area contributed by atoms with E-state index in [1.54, 1.807) is 13.3 Å². The van der Waals surface area contributed by atoms with Crippen molar-refractivity contribution in [3.05, 3.63) is 66.0 Å². The van der Waals surface area contributed by atoms with Gasteiger partial charge in [0.15, 0.2) is 0 Å². The summed E-state index contributed by atoms with van der Waals surface area (Å²) in [5.41, 5.74) is 1.36. The predicted octanol–water partition coefficient (Wildman–Crippen LogP) is 3.72. The molecule has 2 aromatic rings. The summed E-state index contributed by atoms with van der Waals surface area (Å²) < 4.78 is 5.42. The summed E-state index contributed by atoms with van der Waals surface area (Å²) >= 11 is 0. The molecule has 1 aliphatic carbocycles. The number of ether oxygens (including phenoxy) is 1. The summed E-state index contributed by atoms with van der Waals surface area (Å²) in [7, 11) is 1.71. The Morgan fingerprint density at radius 3 is 2.67 bits per heavy atom. The molecule has 2 atom stereocenters. The fourth-order valence-electron chi connectivity index (χ4n) is 4.90. The van der Waals surface area contributed by atoms with Crippen LogP contribution >= 0.6 is 0 Å². The number of piperidine rings is 1. The molecule has 4 nitrogen and oxygen atoms in total. The van der Waals surface area contributed by atoms with Gasteiger partial charge in [0, 0.05) is 55.0 Å². The van der Waals surface area contributed by atoms with Gasteiger partial charge in [0.25, 0.3) is 0 Å². The summed E-state index contributed by atoms with van der Waals surface area (Å²) in [5.74, 6) is 1.44. The first-order valence-electron chi connectivity index (χ1n) is 9.86. The van der Waals surface area contributed by atoms with E-state index in [4.69, 9.17) is 4.74 Å². The molecule has 0 amide bonds. The Morgan fingerprint density at radius 1 is 1.19 bits per heavy atom. The van der Waals surface area contributed by atoms with Crippen LogP contribution in [-0.2, 0) is 5.60 Å². The average Bonchev–Trinajstić information content (AvgIpc) is 2.69. The third kappa shape index (κ3) is 3.52. The number of aliphatic hydroxyl groups is 1. The Hall–Kier alpha value is -2.17. The van der Waals surface area contributed by atoms with Crippen LogP contribution in [0.15, 0.2) is 54.9 Å². The van der Waals surface area contributed by atoms with Gasteiger partial charge in [-0.2, -0.15) is 0 Å². The van der Waals surface area contributed by atoms with Crippen molar-refractivity contribution in [1.29, 1.82) is 0 Å². The molecule has 1 saturated heterocycles. The smallest absolute Gasteiger partial charge is 0.126 e. The van der Waals surface area contributed by atoms with Crippen molar-refractivity contribution >= 4 is 6.08 Å². The lowest BCUT2D eigenvalue weighted by atomic mass is 9.63. The van der Waals surface area contributed by atoms with E-state index >= 15 is 0 Å². The summed E-state index contributed by atoms with van der Waals surface area (Å²) in [6.07, 6.45) is 11.3. The molecule has 0 radical (unpaired) electrons. The van der Waals surface area contributed by atoms with Crippen LogP contribution in [0, 0.1) is 11.8 Å². The monoisotopic (exact) mass is 364 g/mol. The van der Waals surface area contributed by atoms with Crippen molar-refractivity contribution < 1.29 is 9.84 Å². The Kier molecular flexibility index (Phi) is 5.28. The van der Waals surface area contributed by atoms with Crippen LogP contribution in [0.3, 0.4) is 0 Å². The number of rotatable bonds is 5. The molecular formula is C23H28N2O2. The minimum absolute atomic E-state index is 0.272. The van der Waals surface area contributed by atoms with Crippen molar-refractivity contribution in [1.82, 2.24) is 9.88 Å². The van der Waals surface area contributed by atoms with Gasteiger partial charge in [0.05, 0.1) is 12.7 Å². The predicted molar refractivity (Wildman–Crippen MR) is 107 cm³/mol. The maximum Gasteiger partial charge on any atom is 0.126 e. The first-order chi connectivity index (χ1) is 13.2. The largest absolute Gasteiger partial charge is 0.496 e. The molecule has 2 bridgehead atoms. The van der Waals surface area contributed by atoms with E-state index in [9.17, 15) is 5.11 Å². The maximum atomic E-state index is 11.6. The van der Waals surface area contributed by atoms with Crippen LogP contribution in [0.5, 0.6) is 5.75 Å². The molecule has 1 aromatic heterocycles. The van der Waals surface area contributed by atoms with Gasteiger partial charge in [0.1, 0.15) is 5.75 Å². The lowest BCUT2D eigenvalue weighted by Crippen LogP contribution is -2.58. The number of benzene rings is 1. The zero-order valence-corrected chi connectivity index (χ0v) is 15.9. The molecule has 2 heterocycles. The standard InChI is InChI=1S/C23H28N2O2/c1-27-22-12-3-2-7-18(22)8-6-14-25-16-20-9-4-10-21(17-25)23(20,26)19-11-5-13-24-15-19/h2-3,5-8,11-13,15,20-21,26H,4,9-10,14,16-17H2,1H3/b8-6+. The van der Waals surface area contributed by atoms with Crippen LogP contribution in [0.2, 0.25) is 0 Å². The van der Waals surface area contributed by atoms with Crippen LogP contribution in [-0.4, -0.2) is 41.7 Å². The number of pyridine rings is 1. The third-order valence-electron chi connectivity index (χ3n) is 6.23. The van der Waals surface area contributed by atoms with E-state index in [1.807, 2.05) is 36.5 Å². The van der Waals surface area contributed by atoms with E-state index in [-0.39, 0.29) is 11.8 Å². The minimum Gasteiger partial charge on any atom is -0.496 e. The van der Waals surface area contributed by atoms with Gasteiger partial charge in [-0.25, -0.2) is 0 Å². The highest BCUT2D eigenvalue weighted by molar-refractivity contribution is 5.57. The van der Waals surface area contributed by atoms with Crippen molar-refractivity contribution in [2.24, 2.45) is 11.8 Å². The Morgan fingerprint density at radius 2 is 1.96 bits per heavy atom. The van der Waals surface area contributed by atoms with Crippen LogP contribution in [0.4, 0.5) is 0 Å². The number of nitrogens with zero attached hydrogens (tertiary/aromatic N) is 2. The second-order valence-electron chi connectivity index (χ2n) is 7.75. The zero-order valence-electron chi connectivity index (χ0n) is 15.9. The molecule has 1 N–H and O–H groups in total. The molecule has 27 heavy (non-hydrogen) atoms. The topological polar surface area (TPSA) is 45.6 Å². The first kappa shape index (κ1) is 18.2. The molecule has 2 unspecified atom stereocenters. The van der Waals surface area contributed by atoms with Gasteiger partial charge < -0.3 is 9.84 Å². The lowest BCUT2D eigenvalue weighted by molar-refractivity contribution is -0.145. The SMILES string of the molecule is COc1ccccc1/C=C/CN1CC2CCCC(C1)C2(O)c1cccnc1. The van der Waals surface area contributed by atoms with Gasteiger partial charge in [-0.1, -0.05) is 42.8 Å². The fraction of sp³-hybridized carbons (Fsp3) is 0.435. The summed E-state index contributed by atoms with van der Waals surface area (Å²) in [4.78, 5) is 6.73. The molecule has 4 rings (SSSR count). The normalized spacial score (nSPS) is 28.4. The van der Waals surface area contributed by atoms with Gasteiger partial charge >= 0.3 is 0 Å². The van der Waals surface area contributed by atoms with Gasteiger partial charge in [0.2, 0.25) is 0 Å². The van der Waals surface area contributed by atoms with E-state index in [2.05, 4.69) is 28.1 Å². The van der Waals surface area contributed by atoms with Crippen LogP contribution < -0.4 is 4.74 Å². The second kappa shape index (κ2) is 7.83. The van der Waals surface area contributed by atoms with Crippen molar-refractivity contribution in [3.63, 3.8) is 0 Å². The fourth-order valence-corrected chi connectivity index (χ4v) is 4.90. The lowest BCUT2D eigenvalue weighted by Gasteiger charge is -2.53. The van der Waals surface area contributed by atoms with E-state index in [1.165, 1.54) is 6.42 Å². The number of aromatic nitrogens is 1. The molecule has 2 fully saturated rings. The van der Waals surface area contributed by atoms with Gasteiger partial charge in [-0.05, 0) is 25.0 Å². The van der Waals surface area contributed by atoms with E-state index in [0.29, 0.717) is 0 Å². The zero-order chi connectivity index (χ0) is 18.7. The van der Waals surface area contributed by atoms with E-state index < -0.39 is 5.60 Å². The molecule has 142 valence electrons. The summed E-state index contributed by atoms with van der Waals surface area (Å²) in [6, 6.07) is 12.0. The molecule has 4 heteroatoms. The molecule has 1 aliphatic heterocycles. The summed E-state index contributed by atoms with van der Waals surface area (Å²) in [6.45, 7) is 2.75. The Labute approximate surface area is 161 Å². The number of methoxy groups -OCH3 is 1. The first-order valence-corrected chi connectivity index (χ1v) is 9.86. The van der Waals surface area contributed by atoms with E-state index in [0.717, 1.165) is 49.4 Å². The number of likely N-dealkylation sites (tertiary alicyclic amines) is 1. The Bertz CT molecular complexity index is 776. The molecular weight excluding hydrogens is 336 g/mol. The van der Waals surface area contributed by atoms with Crippen LogP contribution in [0.1, 0.15) is 30.4 Å². The number of fused-ring (bicyclic) bond motifs is 2. The number of hydrogen-bond donors (Lipinski definition) is 1. The maximum absolute atomic E-state index is 11.6. The highest BCUT2D eigenvalue weighted by Gasteiger charge is 2.51. The molecule has 2 aliphatic rings. The molecule has 1 aromatic carbocycles. The highest BCUT2D eigenvalue weighted by atomic mass is 16.5. The van der Waals surface area contributed by atoms with Gasteiger partial charge in [-0.3, -0.25) is 9.88 Å². The van der Waals surface area contributed by atoms with Crippen molar-refractivity contribution in [3.8, 4) is 5.75 Å². The highest BCUT2D eigenvalue weighted by Crippen LogP contribution is 2.48. The van der Waals surface area contributed by atoms with Crippen molar-refractivity contribution in [2.45, 2.75) is 24.9 Å².